The van der Waals surface area contributed by atoms with E-state index in [1.807, 2.05) is 24.3 Å². The van der Waals surface area contributed by atoms with Gasteiger partial charge < -0.3 is 18.8 Å². The summed E-state index contributed by atoms with van der Waals surface area (Å²) in [6, 6.07) is 19.4. The summed E-state index contributed by atoms with van der Waals surface area (Å²) in [6.07, 6.45) is 0.220. The number of benzene rings is 2. The van der Waals surface area contributed by atoms with E-state index in [4.69, 9.17) is 9.15 Å². The van der Waals surface area contributed by atoms with Gasteiger partial charge in [-0.05, 0) is 36.4 Å². The fourth-order valence-corrected chi connectivity index (χ4v) is 4.21. The van der Waals surface area contributed by atoms with Gasteiger partial charge >= 0.3 is 11.9 Å². The molecule has 0 saturated heterocycles. The van der Waals surface area contributed by atoms with Crippen molar-refractivity contribution in [3.63, 3.8) is 0 Å². The molecular weight excluding hydrogens is 390 g/mol. The number of anilines is 2. The van der Waals surface area contributed by atoms with Crippen LogP contribution in [-0.2, 0) is 20.9 Å². The molecule has 29 heavy (non-hydrogen) atoms. The first-order chi connectivity index (χ1) is 14.2. The van der Waals surface area contributed by atoms with E-state index in [1.54, 1.807) is 17.8 Å². The summed E-state index contributed by atoms with van der Waals surface area (Å²) in [5.74, 6) is -0.432. The van der Waals surface area contributed by atoms with Crippen molar-refractivity contribution in [1.82, 2.24) is 0 Å². The van der Waals surface area contributed by atoms with E-state index in [-0.39, 0.29) is 24.8 Å². The van der Waals surface area contributed by atoms with Gasteiger partial charge in [-0.1, -0.05) is 36.0 Å². The van der Waals surface area contributed by atoms with Gasteiger partial charge in [0.05, 0.1) is 24.9 Å². The summed E-state index contributed by atoms with van der Waals surface area (Å²) >= 11 is 1.73. The van der Waals surface area contributed by atoms with Crippen LogP contribution in [0.4, 0.5) is 11.4 Å². The number of hydrogen-bond acceptors (Lipinski definition) is 7. The number of para-hydroxylation sites is 2. The van der Waals surface area contributed by atoms with Crippen LogP contribution in [0.5, 0.6) is 0 Å². The van der Waals surface area contributed by atoms with Crippen LogP contribution in [0.15, 0.2) is 74.9 Å². The number of hydrogen-bond donors (Lipinski definition) is 0. The molecule has 0 aliphatic carbocycles. The Morgan fingerprint density at radius 1 is 0.966 bits per heavy atom. The Hall–Kier alpha value is -3.19. The largest absolute Gasteiger partial charge is 0.463 e. The molecule has 0 spiro atoms. The molecule has 0 saturated carbocycles. The summed E-state index contributed by atoms with van der Waals surface area (Å²) in [6.45, 7) is 0.470. The fourth-order valence-electron chi connectivity index (χ4n) is 3.11. The normalized spacial score (nSPS) is 12.1. The number of ether oxygens (including phenoxy) is 2. The van der Waals surface area contributed by atoms with E-state index in [9.17, 15) is 9.59 Å². The molecule has 0 unspecified atom stereocenters. The lowest BCUT2D eigenvalue weighted by atomic mass is 10.2. The van der Waals surface area contributed by atoms with Crippen molar-refractivity contribution in [3.8, 4) is 0 Å². The fraction of sp³-hybridized carbons (Fsp3) is 0.182. The minimum absolute atomic E-state index is 0.0289. The van der Waals surface area contributed by atoms with Gasteiger partial charge in [-0.2, -0.15) is 0 Å². The summed E-state index contributed by atoms with van der Waals surface area (Å²) in [5, 5.41) is 0. The zero-order valence-electron chi connectivity index (χ0n) is 15.8. The standard InChI is InChI=1S/C22H19NO5S/c1-26-22(25)18-11-10-15(28-18)14-27-21(24)12-13-23-16-6-2-4-8-19(16)29-20-9-5-3-7-17(20)23/h2-11H,12-14H2,1H3. The maximum Gasteiger partial charge on any atom is 0.373 e. The van der Waals surface area contributed by atoms with E-state index < -0.39 is 5.97 Å². The predicted molar refractivity (Wildman–Crippen MR) is 108 cm³/mol. The van der Waals surface area contributed by atoms with Crippen LogP contribution in [0, 0.1) is 0 Å². The lowest BCUT2D eigenvalue weighted by molar-refractivity contribution is -0.145. The minimum atomic E-state index is -0.567. The number of esters is 2. The molecule has 0 amide bonds. The van der Waals surface area contributed by atoms with Crippen molar-refractivity contribution >= 4 is 35.1 Å². The number of furan rings is 1. The van der Waals surface area contributed by atoms with E-state index >= 15 is 0 Å². The molecular formula is C22H19NO5S. The van der Waals surface area contributed by atoms with Crippen molar-refractivity contribution in [2.45, 2.75) is 22.8 Å². The monoisotopic (exact) mass is 409 g/mol. The van der Waals surface area contributed by atoms with Crippen molar-refractivity contribution < 1.29 is 23.5 Å². The van der Waals surface area contributed by atoms with Gasteiger partial charge in [0.15, 0.2) is 0 Å². The lowest BCUT2D eigenvalue weighted by Crippen LogP contribution is -2.24. The number of rotatable bonds is 6. The highest BCUT2D eigenvalue weighted by Gasteiger charge is 2.23. The first-order valence-corrected chi connectivity index (χ1v) is 9.93. The second-order valence-electron chi connectivity index (χ2n) is 6.36. The number of methoxy groups -OCH3 is 1. The van der Waals surface area contributed by atoms with Crippen LogP contribution in [0.3, 0.4) is 0 Å². The topological polar surface area (TPSA) is 69.0 Å². The minimum Gasteiger partial charge on any atom is -0.463 e. The van der Waals surface area contributed by atoms with Gasteiger partial charge in [-0.3, -0.25) is 4.79 Å². The highest BCUT2D eigenvalue weighted by Crippen LogP contribution is 2.47. The Morgan fingerprint density at radius 3 is 2.28 bits per heavy atom. The molecule has 1 aliphatic rings. The van der Waals surface area contributed by atoms with E-state index in [2.05, 4.69) is 33.9 Å². The molecule has 0 fully saturated rings. The maximum absolute atomic E-state index is 12.3. The van der Waals surface area contributed by atoms with Gasteiger partial charge in [-0.25, -0.2) is 4.79 Å². The molecule has 4 rings (SSSR count). The van der Waals surface area contributed by atoms with Gasteiger partial charge in [0.25, 0.3) is 0 Å². The molecule has 7 heteroatoms. The Kier molecular flexibility index (Phi) is 5.57. The molecule has 148 valence electrons. The summed E-state index contributed by atoms with van der Waals surface area (Å²) in [7, 11) is 1.28. The molecule has 0 bridgehead atoms. The van der Waals surface area contributed by atoms with Crippen molar-refractivity contribution in [2.24, 2.45) is 0 Å². The van der Waals surface area contributed by atoms with Crippen LogP contribution in [0.25, 0.3) is 0 Å². The average molecular weight is 409 g/mol. The van der Waals surface area contributed by atoms with Crippen LogP contribution in [0.2, 0.25) is 0 Å². The second-order valence-corrected chi connectivity index (χ2v) is 7.44. The van der Waals surface area contributed by atoms with Crippen LogP contribution in [0.1, 0.15) is 22.7 Å². The van der Waals surface area contributed by atoms with Gasteiger partial charge in [-0.15, -0.1) is 0 Å². The number of fused-ring (bicyclic) bond motifs is 2. The van der Waals surface area contributed by atoms with Crippen LogP contribution < -0.4 is 4.90 Å². The first kappa shape index (κ1) is 19.1. The molecule has 6 nitrogen and oxygen atoms in total. The smallest absolute Gasteiger partial charge is 0.373 e. The van der Waals surface area contributed by atoms with Crippen LogP contribution >= 0.6 is 11.8 Å². The Labute approximate surface area is 172 Å². The van der Waals surface area contributed by atoms with E-state index in [1.165, 1.54) is 13.2 Å². The molecule has 0 radical (unpaired) electrons. The molecule has 1 aromatic heterocycles. The van der Waals surface area contributed by atoms with Crippen molar-refractivity contribution in [2.75, 3.05) is 18.6 Å². The molecule has 2 aromatic carbocycles. The molecule has 0 N–H and O–H groups in total. The third-order valence-electron chi connectivity index (χ3n) is 4.50. The lowest BCUT2D eigenvalue weighted by Gasteiger charge is -2.32. The quantitative estimate of drug-likeness (QED) is 0.542. The zero-order valence-corrected chi connectivity index (χ0v) is 16.6. The zero-order chi connectivity index (χ0) is 20.2. The first-order valence-electron chi connectivity index (χ1n) is 9.12. The van der Waals surface area contributed by atoms with Gasteiger partial charge in [0, 0.05) is 16.3 Å². The van der Waals surface area contributed by atoms with E-state index in [0.717, 1.165) is 21.2 Å². The Morgan fingerprint density at radius 2 is 1.62 bits per heavy atom. The van der Waals surface area contributed by atoms with Gasteiger partial charge in [0.1, 0.15) is 12.4 Å². The maximum atomic E-state index is 12.3. The summed E-state index contributed by atoms with van der Waals surface area (Å²) in [5.41, 5.74) is 2.16. The average Bonchev–Trinajstić information content (AvgIpc) is 3.23. The predicted octanol–water partition coefficient (Wildman–Crippen LogP) is 4.80. The number of carbonyl (C=O) groups excluding carboxylic acids is 2. The molecule has 2 heterocycles. The Balaban J connectivity index is 1.39. The summed E-state index contributed by atoms with van der Waals surface area (Å²) in [4.78, 5) is 28.2. The van der Waals surface area contributed by atoms with Crippen LogP contribution in [-0.4, -0.2) is 25.6 Å². The number of nitrogens with zero attached hydrogens (tertiary/aromatic N) is 1. The highest BCUT2D eigenvalue weighted by atomic mass is 32.2. The SMILES string of the molecule is COC(=O)c1ccc(COC(=O)CCN2c3ccccc3Sc3ccccc32)o1. The third kappa shape index (κ3) is 4.14. The molecule has 1 aliphatic heterocycles. The van der Waals surface area contributed by atoms with Gasteiger partial charge in [0.2, 0.25) is 5.76 Å². The third-order valence-corrected chi connectivity index (χ3v) is 5.63. The van der Waals surface area contributed by atoms with E-state index in [0.29, 0.717) is 12.3 Å². The second kappa shape index (κ2) is 8.45. The highest BCUT2D eigenvalue weighted by molar-refractivity contribution is 7.99. The number of carbonyl (C=O) groups is 2. The Bertz CT molecular complexity index is 999. The molecule has 0 atom stereocenters. The van der Waals surface area contributed by atoms with Crippen molar-refractivity contribution in [3.05, 3.63) is 72.2 Å². The molecule has 3 aromatic rings. The summed E-state index contributed by atoms with van der Waals surface area (Å²) < 4.78 is 15.2. The van der Waals surface area contributed by atoms with Crippen molar-refractivity contribution in [1.29, 1.82) is 0 Å².